The molecule has 2 aromatic rings. The van der Waals surface area contributed by atoms with Gasteiger partial charge < -0.3 is 5.11 Å². The third kappa shape index (κ3) is 2.54. The van der Waals surface area contributed by atoms with Gasteiger partial charge >= 0.3 is 5.97 Å². The molecule has 1 saturated carbocycles. The molecule has 0 aliphatic heterocycles. The molecule has 19 heavy (non-hydrogen) atoms. The number of halogens is 1. The highest BCUT2D eigenvalue weighted by Crippen LogP contribution is 2.37. The maximum absolute atomic E-state index is 11.0. The molecule has 1 N–H and O–H groups in total. The smallest absolute Gasteiger partial charge is 0.337 e. The average molecular weight is 298 g/mol. The van der Waals surface area contributed by atoms with E-state index in [2.05, 4.69) is 20.5 Å². The van der Waals surface area contributed by atoms with Crippen LogP contribution in [-0.4, -0.2) is 36.3 Å². The summed E-state index contributed by atoms with van der Waals surface area (Å²) < 4.78 is 1.74. The van der Waals surface area contributed by atoms with Gasteiger partial charge in [0.1, 0.15) is 5.03 Å². The first kappa shape index (κ1) is 12.4. The van der Waals surface area contributed by atoms with E-state index in [1.165, 1.54) is 24.0 Å². The minimum atomic E-state index is -1.09. The molecule has 1 fully saturated rings. The molecule has 0 spiro atoms. The number of aromatic nitrogens is 5. The Morgan fingerprint density at radius 2 is 2.32 bits per heavy atom. The Morgan fingerprint density at radius 1 is 1.53 bits per heavy atom. The largest absolute Gasteiger partial charge is 0.478 e. The molecule has 2 heterocycles. The van der Waals surface area contributed by atoms with Gasteiger partial charge in [-0.05, 0) is 41.1 Å². The summed E-state index contributed by atoms with van der Waals surface area (Å²) in [6, 6.07) is 1.77. The molecular weight excluding hydrogens is 290 g/mol. The quantitative estimate of drug-likeness (QED) is 0.921. The van der Waals surface area contributed by atoms with Gasteiger partial charge in [0.2, 0.25) is 5.16 Å². The zero-order valence-corrected chi connectivity index (χ0v) is 11.1. The number of carboxylic acids is 1. The molecule has 7 nitrogen and oxygen atoms in total. The minimum absolute atomic E-state index is 0.0182. The third-order valence-corrected chi connectivity index (χ3v) is 3.80. The lowest BCUT2D eigenvalue weighted by Crippen LogP contribution is -2.01. The fourth-order valence-corrected chi connectivity index (χ4v) is 2.54. The summed E-state index contributed by atoms with van der Waals surface area (Å²) in [7, 11) is 0. The first-order valence-electron chi connectivity index (χ1n) is 5.49. The van der Waals surface area contributed by atoms with Crippen LogP contribution >= 0.6 is 23.4 Å². The van der Waals surface area contributed by atoms with Crippen LogP contribution < -0.4 is 0 Å². The number of hydrogen-bond acceptors (Lipinski definition) is 6. The number of carboxylic acid groups (broad SMARTS) is 1. The predicted molar refractivity (Wildman–Crippen MR) is 66.4 cm³/mol. The normalized spacial score (nSPS) is 14.6. The Bertz CT molecular complexity index is 643. The lowest BCUT2D eigenvalue weighted by molar-refractivity contribution is 0.0696. The number of carbonyl (C=O) groups is 1. The van der Waals surface area contributed by atoms with Gasteiger partial charge in [-0.15, -0.1) is 5.10 Å². The van der Waals surface area contributed by atoms with Crippen LogP contribution in [0.3, 0.4) is 0 Å². The lowest BCUT2D eigenvalue weighted by Gasteiger charge is -2.03. The first-order chi connectivity index (χ1) is 9.15. The second-order valence-corrected chi connectivity index (χ2v) is 5.44. The van der Waals surface area contributed by atoms with E-state index in [0.29, 0.717) is 16.2 Å². The van der Waals surface area contributed by atoms with Crippen LogP contribution in [0.15, 0.2) is 22.4 Å². The zero-order chi connectivity index (χ0) is 13.4. The molecule has 0 atom stereocenters. The second-order valence-electron chi connectivity index (χ2n) is 4.05. The van der Waals surface area contributed by atoms with Crippen LogP contribution in [0.5, 0.6) is 0 Å². The van der Waals surface area contributed by atoms with E-state index >= 15 is 0 Å². The van der Waals surface area contributed by atoms with Crippen molar-refractivity contribution in [3.8, 4) is 0 Å². The van der Waals surface area contributed by atoms with Crippen LogP contribution in [0.1, 0.15) is 29.2 Å². The number of pyridine rings is 1. The molecule has 1 aliphatic carbocycles. The molecule has 9 heteroatoms. The summed E-state index contributed by atoms with van der Waals surface area (Å²) in [4.78, 5) is 15.1. The van der Waals surface area contributed by atoms with Crippen molar-refractivity contribution in [3.05, 3.63) is 22.8 Å². The van der Waals surface area contributed by atoms with Gasteiger partial charge in [-0.2, -0.15) is 0 Å². The van der Waals surface area contributed by atoms with E-state index in [0.717, 1.165) is 12.8 Å². The summed E-state index contributed by atoms with van der Waals surface area (Å²) in [5.74, 6) is -1.09. The molecule has 0 unspecified atom stereocenters. The Kier molecular flexibility index (Phi) is 3.11. The highest BCUT2D eigenvalue weighted by molar-refractivity contribution is 7.99. The van der Waals surface area contributed by atoms with Crippen molar-refractivity contribution in [1.29, 1.82) is 0 Å². The van der Waals surface area contributed by atoms with Gasteiger partial charge in [-0.25, -0.2) is 14.5 Å². The maximum Gasteiger partial charge on any atom is 0.337 e. The zero-order valence-electron chi connectivity index (χ0n) is 9.52. The summed E-state index contributed by atoms with van der Waals surface area (Å²) >= 11 is 6.99. The molecule has 1 aliphatic rings. The molecule has 3 rings (SSSR count). The average Bonchev–Trinajstić information content (AvgIpc) is 3.12. The Hall–Kier alpha value is -1.67. The van der Waals surface area contributed by atoms with E-state index in [4.69, 9.17) is 16.7 Å². The van der Waals surface area contributed by atoms with Crippen LogP contribution in [0.2, 0.25) is 5.02 Å². The van der Waals surface area contributed by atoms with Gasteiger partial charge in [0.25, 0.3) is 0 Å². The monoisotopic (exact) mass is 297 g/mol. The molecule has 0 bridgehead atoms. The molecule has 0 radical (unpaired) electrons. The second kappa shape index (κ2) is 4.78. The van der Waals surface area contributed by atoms with Gasteiger partial charge in [0, 0.05) is 6.20 Å². The molecule has 0 saturated heterocycles. The van der Waals surface area contributed by atoms with Crippen molar-refractivity contribution in [1.82, 2.24) is 25.2 Å². The predicted octanol–water partition coefficient (Wildman–Crippen LogP) is 1.91. The van der Waals surface area contributed by atoms with E-state index in [1.807, 2.05) is 0 Å². The summed E-state index contributed by atoms with van der Waals surface area (Å²) in [6.45, 7) is 0. The number of aromatic carboxylic acids is 1. The van der Waals surface area contributed by atoms with Gasteiger partial charge in [0.15, 0.2) is 0 Å². The SMILES string of the molecule is O=C(O)c1cc(Sc2nnnn2C2CC2)ncc1Cl. The van der Waals surface area contributed by atoms with Crippen molar-refractivity contribution in [3.63, 3.8) is 0 Å². The van der Waals surface area contributed by atoms with Gasteiger partial charge in [0.05, 0.1) is 16.6 Å². The molecule has 2 aromatic heterocycles. The lowest BCUT2D eigenvalue weighted by atomic mass is 10.3. The minimum Gasteiger partial charge on any atom is -0.478 e. The van der Waals surface area contributed by atoms with Crippen LogP contribution in [0.4, 0.5) is 0 Å². The van der Waals surface area contributed by atoms with E-state index < -0.39 is 5.97 Å². The molecule has 0 aromatic carbocycles. The summed E-state index contributed by atoms with van der Waals surface area (Å²) in [6.07, 6.45) is 3.44. The Balaban J connectivity index is 1.88. The topological polar surface area (TPSA) is 93.8 Å². The molecule has 0 amide bonds. The third-order valence-electron chi connectivity index (χ3n) is 2.61. The van der Waals surface area contributed by atoms with Crippen molar-refractivity contribution >= 4 is 29.3 Å². The van der Waals surface area contributed by atoms with Gasteiger partial charge in [-0.1, -0.05) is 11.6 Å². The molecule has 98 valence electrons. The highest BCUT2D eigenvalue weighted by atomic mass is 35.5. The number of rotatable bonds is 4. The number of hydrogen-bond donors (Lipinski definition) is 1. The van der Waals surface area contributed by atoms with Crippen LogP contribution in [0.25, 0.3) is 0 Å². The van der Waals surface area contributed by atoms with Crippen molar-refractivity contribution < 1.29 is 9.90 Å². The number of nitrogens with zero attached hydrogens (tertiary/aromatic N) is 5. The fraction of sp³-hybridized carbons (Fsp3) is 0.300. The van der Waals surface area contributed by atoms with Crippen molar-refractivity contribution in [2.24, 2.45) is 0 Å². The van der Waals surface area contributed by atoms with E-state index in [9.17, 15) is 4.79 Å². The standard InChI is InChI=1S/C10H8ClN5O2S/c11-7-4-12-8(3-6(7)9(17)18)19-10-13-14-15-16(10)5-1-2-5/h3-5H,1-2H2,(H,17,18). The summed E-state index contributed by atoms with van der Waals surface area (Å²) in [5.41, 5.74) is 0.0182. The van der Waals surface area contributed by atoms with Crippen molar-refractivity contribution in [2.45, 2.75) is 29.1 Å². The maximum atomic E-state index is 11.0. The highest BCUT2D eigenvalue weighted by Gasteiger charge is 2.28. The Morgan fingerprint density at radius 3 is 3.00 bits per heavy atom. The molecular formula is C10H8ClN5O2S. The van der Waals surface area contributed by atoms with E-state index in [1.54, 1.807) is 4.68 Å². The van der Waals surface area contributed by atoms with Crippen LogP contribution in [-0.2, 0) is 0 Å². The summed E-state index contributed by atoms with van der Waals surface area (Å²) in [5, 5.41) is 21.7. The van der Waals surface area contributed by atoms with Crippen molar-refractivity contribution in [2.75, 3.05) is 0 Å². The number of tetrazole rings is 1. The van der Waals surface area contributed by atoms with Crippen LogP contribution in [0, 0.1) is 0 Å². The first-order valence-corrected chi connectivity index (χ1v) is 6.69. The fourth-order valence-electron chi connectivity index (χ4n) is 1.53. The van der Waals surface area contributed by atoms with E-state index in [-0.39, 0.29) is 10.6 Å². The van der Waals surface area contributed by atoms with Gasteiger partial charge in [-0.3, -0.25) is 0 Å². The Labute approximate surface area is 117 Å².